The standard InChI is InChI=1S/C75H138O6/c1-4-7-10-13-16-19-22-24-26-28-30-32-34-36-38-40-41-43-45-47-49-51-53-56-59-62-65-68-74(77)80-71-72(70-79-73(76)67-64-61-58-55-21-18-15-12-9-6-3)81-75(78)69-66-63-60-57-54-52-50-48-46-44-42-39-37-35-33-31-29-27-25-23-20-17-14-11-8-5-2/h12,15,22,24,28,30,34,36,72H,4-11,13-14,16-21,23,25-27,29,31-33,35,37-71H2,1-3H3/b15-12-,24-22-,30-28-,36-34-. The van der Waals surface area contributed by atoms with Crippen LogP contribution in [0, 0.1) is 0 Å². The molecule has 0 saturated carbocycles. The van der Waals surface area contributed by atoms with Crippen molar-refractivity contribution in [3.05, 3.63) is 48.6 Å². The average Bonchev–Trinajstić information content (AvgIpc) is 3.47. The minimum Gasteiger partial charge on any atom is -0.462 e. The summed E-state index contributed by atoms with van der Waals surface area (Å²) in [5, 5.41) is 0. The molecule has 6 nitrogen and oxygen atoms in total. The van der Waals surface area contributed by atoms with Gasteiger partial charge in [-0.25, -0.2) is 0 Å². The summed E-state index contributed by atoms with van der Waals surface area (Å²) in [5.74, 6) is -0.860. The van der Waals surface area contributed by atoms with E-state index in [1.165, 1.54) is 270 Å². The van der Waals surface area contributed by atoms with E-state index in [9.17, 15) is 14.4 Å². The number of carbonyl (C=O) groups is 3. The number of unbranched alkanes of at least 4 members (excludes halogenated alkanes) is 48. The van der Waals surface area contributed by atoms with Crippen molar-refractivity contribution in [1.82, 2.24) is 0 Å². The Morgan fingerprint density at radius 2 is 0.469 bits per heavy atom. The van der Waals surface area contributed by atoms with Crippen LogP contribution in [-0.2, 0) is 28.6 Å². The minimum atomic E-state index is -0.776. The van der Waals surface area contributed by atoms with Gasteiger partial charge >= 0.3 is 17.9 Å². The number of carbonyl (C=O) groups excluding carboxylic acids is 3. The van der Waals surface area contributed by atoms with Crippen molar-refractivity contribution in [3.63, 3.8) is 0 Å². The molecule has 0 radical (unpaired) electrons. The summed E-state index contributed by atoms with van der Waals surface area (Å²) >= 11 is 0. The minimum absolute atomic E-state index is 0.0727. The van der Waals surface area contributed by atoms with Crippen molar-refractivity contribution >= 4 is 17.9 Å². The molecule has 81 heavy (non-hydrogen) atoms. The summed E-state index contributed by atoms with van der Waals surface area (Å²) in [6, 6.07) is 0. The van der Waals surface area contributed by atoms with Crippen molar-refractivity contribution in [2.24, 2.45) is 0 Å². The molecule has 1 atom stereocenters. The molecular weight excluding hydrogens is 997 g/mol. The Hall–Kier alpha value is -2.63. The zero-order valence-corrected chi connectivity index (χ0v) is 54.6. The van der Waals surface area contributed by atoms with Crippen LogP contribution in [-0.4, -0.2) is 37.2 Å². The number of allylic oxidation sites excluding steroid dienone is 8. The van der Waals surface area contributed by atoms with Gasteiger partial charge in [0.2, 0.25) is 0 Å². The normalized spacial score (nSPS) is 12.3. The number of hydrogen-bond donors (Lipinski definition) is 0. The molecule has 0 amide bonds. The Bertz CT molecular complexity index is 1400. The van der Waals surface area contributed by atoms with E-state index >= 15 is 0 Å². The van der Waals surface area contributed by atoms with Crippen LogP contribution in [0.4, 0.5) is 0 Å². The van der Waals surface area contributed by atoms with Gasteiger partial charge in [-0.2, -0.15) is 0 Å². The third-order valence-electron chi connectivity index (χ3n) is 16.3. The molecule has 0 spiro atoms. The van der Waals surface area contributed by atoms with Crippen LogP contribution < -0.4 is 0 Å². The van der Waals surface area contributed by atoms with E-state index in [1.807, 2.05) is 0 Å². The lowest BCUT2D eigenvalue weighted by Crippen LogP contribution is -2.30. The Labute approximate surface area is 505 Å². The molecule has 0 aromatic heterocycles. The Morgan fingerprint density at radius 1 is 0.247 bits per heavy atom. The fourth-order valence-electron chi connectivity index (χ4n) is 10.9. The molecule has 0 heterocycles. The highest BCUT2D eigenvalue weighted by Gasteiger charge is 2.19. The molecule has 1 unspecified atom stereocenters. The third-order valence-corrected chi connectivity index (χ3v) is 16.3. The quantitative estimate of drug-likeness (QED) is 0.0261. The van der Waals surface area contributed by atoms with Gasteiger partial charge in [0, 0.05) is 19.3 Å². The summed E-state index contributed by atoms with van der Waals surface area (Å²) < 4.78 is 17.0. The van der Waals surface area contributed by atoms with Crippen LogP contribution in [0.15, 0.2) is 48.6 Å². The second kappa shape index (κ2) is 69.9. The molecule has 0 N–H and O–H groups in total. The summed E-state index contributed by atoms with van der Waals surface area (Å²) in [5.41, 5.74) is 0. The van der Waals surface area contributed by atoms with Gasteiger partial charge in [0.15, 0.2) is 6.10 Å². The Kier molecular flexibility index (Phi) is 67.6. The molecule has 0 fully saturated rings. The van der Waals surface area contributed by atoms with Crippen molar-refractivity contribution in [3.8, 4) is 0 Å². The monoisotopic (exact) mass is 1140 g/mol. The molecule has 0 aliphatic heterocycles. The highest BCUT2D eigenvalue weighted by Crippen LogP contribution is 2.19. The predicted molar refractivity (Wildman–Crippen MR) is 353 cm³/mol. The molecule has 474 valence electrons. The first-order valence-electron chi connectivity index (χ1n) is 36.1. The van der Waals surface area contributed by atoms with Crippen molar-refractivity contribution < 1.29 is 28.6 Å². The number of hydrogen-bond acceptors (Lipinski definition) is 6. The molecule has 0 bridgehead atoms. The van der Waals surface area contributed by atoms with E-state index in [4.69, 9.17) is 14.2 Å². The Morgan fingerprint density at radius 3 is 0.753 bits per heavy atom. The largest absolute Gasteiger partial charge is 0.462 e. The molecule has 0 saturated heterocycles. The highest BCUT2D eigenvalue weighted by molar-refractivity contribution is 5.71. The first kappa shape index (κ1) is 78.4. The number of ether oxygens (including phenoxy) is 3. The summed E-state index contributed by atoms with van der Waals surface area (Å²) in [7, 11) is 0. The van der Waals surface area contributed by atoms with Gasteiger partial charge in [-0.3, -0.25) is 14.4 Å². The van der Waals surface area contributed by atoms with Crippen molar-refractivity contribution in [2.45, 2.75) is 399 Å². The first-order valence-corrected chi connectivity index (χ1v) is 36.1. The maximum absolute atomic E-state index is 12.9. The van der Waals surface area contributed by atoms with E-state index in [0.717, 1.165) is 83.5 Å². The third kappa shape index (κ3) is 68.0. The van der Waals surface area contributed by atoms with Crippen molar-refractivity contribution in [2.75, 3.05) is 13.2 Å². The van der Waals surface area contributed by atoms with Crippen LogP contribution in [0.5, 0.6) is 0 Å². The SMILES string of the molecule is CCC/C=C\CCCCCCCC(=O)OCC(COC(=O)CCCCCCCCCCCCCC/C=C\C/C=C\C/C=C\CCCCCCC)OC(=O)CCCCCCCCCCCCCCCCCCCCCCCCCCCC. The average molecular weight is 1140 g/mol. The smallest absolute Gasteiger partial charge is 0.306 e. The maximum atomic E-state index is 12.9. The van der Waals surface area contributed by atoms with Gasteiger partial charge < -0.3 is 14.2 Å². The summed E-state index contributed by atoms with van der Waals surface area (Å²) in [4.78, 5) is 38.3. The molecule has 0 rings (SSSR count). The number of esters is 3. The topological polar surface area (TPSA) is 78.9 Å². The lowest BCUT2D eigenvalue weighted by atomic mass is 10.0. The van der Waals surface area contributed by atoms with Crippen LogP contribution in [0.2, 0.25) is 0 Å². The maximum Gasteiger partial charge on any atom is 0.306 e. The van der Waals surface area contributed by atoms with Gasteiger partial charge in [0.25, 0.3) is 0 Å². The van der Waals surface area contributed by atoms with Crippen LogP contribution in [0.1, 0.15) is 393 Å². The fourth-order valence-corrected chi connectivity index (χ4v) is 10.9. The van der Waals surface area contributed by atoms with Gasteiger partial charge in [-0.05, 0) is 77.0 Å². The van der Waals surface area contributed by atoms with Gasteiger partial charge in [-0.15, -0.1) is 0 Å². The molecular formula is C75H138O6. The zero-order valence-electron chi connectivity index (χ0n) is 54.6. The molecule has 0 aromatic carbocycles. The van der Waals surface area contributed by atoms with Gasteiger partial charge in [0.1, 0.15) is 13.2 Å². The van der Waals surface area contributed by atoms with Crippen LogP contribution in [0.25, 0.3) is 0 Å². The predicted octanol–water partition coefficient (Wildman–Crippen LogP) is 24.9. The van der Waals surface area contributed by atoms with E-state index < -0.39 is 6.10 Å². The van der Waals surface area contributed by atoms with Crippen LogP contribution in [0.3, 0.4) is 0 Å². The number of rotatable bonds is 67. The molecule has 0 aliphatic rings. The van der Waals surface area contributed by atoms with E-state index in [-0.39, 0.29) is 31.1 Å². The van der Waals surface area contributed by atoms with Gasteiger partial charge in [-0.1, -0.05) is 345 Å². The summed E-state index contributed by atoms with van der Waals surface area (Å²) in [6.07, 6.45) is 88.8. The molecule has 0 aromatic rings. The summed E-state index contributed by atoms with van der Waals surface area (Å²) in [6.45, 7) is 6.63. The lowest BCUT2D eigenvalue weighted by Gasteiger charge is -2.18. The highest BCUT2D eigenvalue weighted by atomic mass is 16.6. The lowest BCUT2D eigenvalue weighted by molar-refractivity contribution is -0.167. The first-order chi connectivity index (χ1) is 40.0. The van der Waals surface area contributed by atoms with E-state index in [0.29, 0.717) is 19.3 Å². The van der Waals surface area contributed by atoms with Crippen molar-refractivity contribution in [1.29, 1.82) is 0 Å². The van der Waals surface area contributed by atoms with Gasteiger partial charge in [0.05, 0.1) is 0 Å². The van der Waals surface area contributed by atoms with Crippen LogP contribution >= 0.6 is 0 Å². The van der Waals surface area contributed by atoms with E-state index in [2.05, 4.69) is 69.4 Å². The fraction of sp³-hybridized carbons (Fsp3) is 0.853. The Balaban J connectivity index is 4.14. The van der Waals surface area contributed by atoms with E-state index in [1.54, 1.807) is 0 Å². The molecule has 6 heteroatoms. The molecule has 0 aliphatic carbocycles. The second-order valence-corrected chi connectivity index (χ2v) is 24.5. The second-order valence-electron chi connectivity index (χ2n) is 24.5. The zero-order chi connectivity index (χ0) is 58.5.